The van der Waals surface area contributed by atoms with Crippen molar-refractivity contribution in [2.24, 2.45) is 10.9 Å². The lowest BCUT2D eigenvalue weighted by Crippen LogP contribution is -2.52. The Labute approximate surface area is 182 Å². The van der Waals surface area contributed by atoms with E-state index in [-0.39, 0.29) is 27.5 Å². The molecule has 1 fully saturated rings. The van der Waals surface area contributed by atoms with Crippen molar-refractivity contribution in [1.29, 1.82) is 0 Å². The third-order valence-electron chi connectivity index (χ3n) is 5.16. The van der Waals surface area contributed by atoms with Crippen molar-refractivity contribution in [1.82, 2.24) is 9.80 Å². The molecular weight excluding hydrogens is 455 g/mol. The molecule has 33 heavy (non-hydrogen) atoms. The maximum atomic E-state index is 15.6. The SMILES string of the molecule is C[C@@]1(c2ccc(C=NN)cc2)C(=O)N(CC(=O)O)C(=O)N1C(F)(F)c1ccc(F)c(F)c1F. The van der Waals surface area contributed by atoms with Crippen LogP contribution in [-0.2, 0) is 21.2 Å². The van der Waals surface area contributed by atoms with Crippen molar-refractivity contribution < 1.29 is 41.4 Å². The number of carbonyl (C=O) groups is 3. The molecule has 2 aromatic carbocycles. The summed E-state index contributed by atoms with van der Waals surface area (Å²) in [5.74, 6) is -4.22. The van der Waals surface area contributed by atoms with Gasteiger partial charge in [0, 0.05) is 0 Å². The van der Waals surface area contributed by atoms with E-state index in [1.54, 1.807) is 0 Å². The van der Waals surface area contributed by atoms with E-state index in [0.29, 0.717) is 5.56 Å². The summed E-state index contributed by atoms with van der Waals surface area (Å²) in [6, 6.07) is -1.01. The number of amides is 3. The third-order valence-corrected chi connectivity index (χ3v) is 5.16. The summed E-state index contributed by atoms with van der Waals surface area (Å²) in [5.41, 5.74) is -4.08. The van der Waals surface area contributed by atoms with Crippen molar-refractivity contribution in [3.8, 4) is 0 Å². The number of hydrogen-bond donors (Lipinski definition) is 2. The van der Waals surface area contributed by atoms with Crippen molar-refractivity contribution >= 4 is 24.1 Å². The molecule has 1 aliphatic heterocycles. The Hall–Kier alpha value is -4.03. The van der Waals surface area contributed by atoms with Gasteiger partial charge in [-0.2, -0.15) is 13.9 Å². The van der Waals surface area contributed by atoms with Crippen molar-refractivity contribution in [3.05, 3.63) is 70.5 Å². The van der Waals surface area contributed by atoms with Crippen LogP contribution in [0.5, 0.6) is 0 Å². The molecule has 0 spiro atoms. The van der Waals surface area contributed by atoms with Crippen molar-refractivity contribution in [2.45, 2.75) is 18.5 Å². The van der Waals surface area contributed by atoms with Gasteiger partial charge in [0.05, 0.1) is 11.8 Å². The summed E-state index contributed by atoms with van der Waals surface area (Å²) in [7, 11) is 0. The van der Waals surface area contributed by atoms with Crippen LogP contribution in [0, 0.1) is 17.5 Å². The molecule has 0 unspecified atom stereocenters. The molecule has 0 aromatic heterocycles. The molecule has 0 saturated carbocycles. The second kappa shape index (κ2) is 8.15. The Kier molecular flexibility index (Phi) is 5.83. The minimum Gasteiger partial charge on any atom is -0.480 e. The number of nitrogens with zero attached hydrogens (tertiary/aromatic N) is 3. The molecule has 1 aliphatic rings. The minimum atomic E-state index is -4.70. The highest BCUT2D eigenvalue weighted by Crippen LogP contribution is 2.48. The Balaban J connectivity index is 2.24. The number of alkyl halides is 2. The van der Waals surface area contributed by atoms with Gasteiger partial charge in [-0.25, -0.2) is 22.9 Å². The third kappa shape index (κ3) is 3.64. The van der Waals surface area contributed by atoms with E-state index in [9.17, 15) is 27.6 Å². The average molecular weight is 470 g/mol. The minimum absolute atomic E-state index is 0.0449. The van der Waals surface area contributed by atoms with Gasteiger partial charge in [-0.05, 0) is 30.2 Å². The summed E-state index contributed by atoms with van der Waals surface area (Å²) in [5, 5.41) is 12.3. The monoisotopic (exact) mass is 470 g/mol. The number of benzene rings is 2. The number of hydrogen-bond acceptors (Lipinski definition) is 5. The number of imide groups is 1. The lowest BCUT2D eigenvalue weighted by atomic mass is 9.88. The molecule has 1 saturated heterocycles. The van der Waals surface area contributed by atoms with Gasteiger partial charge >= 0.3 is 18.0 Å². The zero-order chi connectivity index (χ0) is 24.7. The van der Waals surface area contributed by atoms with Crippen LogP contribution in [-0.4, -0.2) is 45.6 Å². The molecule has 3 N–H and O–H groups in total. The number of carbonyl (C=O) groups excluding carboxylic acids is 2. The van der Waals surface area contributed by atoms with Crippen LogP contribution in [0.15, 0.2) is 41.5 Å². The highest BCUT2D eigenvalue weighted by atomic mass is 19.3. The number of halogens is 5. The zero-order valence-electron chi connectivity index (χ0n) is 16.7. The summed E-state index contributed by atoms with van der Waals surface area (Å²) < 4.78 is 72.4. The van der Waals surface area contributed by atoms with Gasteiger partial charge in [0.25, 0.3) is 5.91 Å². The lowest BCUT2D eigenvalue weighted by Gasteiger charge is -2.37. The van der Waals surface area contributed by atoms with E-state index in [1.807, 2.05) is 0 Å². The number of carboxylic acids is 1. The first kappa shape index (κ1) is 23.6. The highest BCUT2D eigenvalue weighted by Gasteiger charge is 2.65. The Bertz CT molecular complexity index is 1170. The number of aliphatic carboxylic acids is 1. The van der Waals surface area contributed by atoms with E-state index in [0.717, 1.165) is 6.92 Å². The Morgan fingerprint density at radius 1 is 1.12 bits per heavy atom. The maximum absolute atomic E-state index is 15.6. The summed E-state index contributed by atoms with van der Waals surface area (Å²) >= 11 is 0. The molecular formula is C20H15F5N4O4. The first-order valence-electron chi connectivity index (χ1n) is 9.11. The fourth-order valence-corrected chi connectivity index (χ4v) is 3.54. The summed E-state index contributed by atoms with van der Waals surface area (Å²) in [6.07, 6.45) is 1.20. The van der Waals surface area contributed by atoms with Gasteiger partial charge < -0.3 is 10.9 Å². The number of rotatable bonds is 6. The second-order valence-electron chi connectivity index (χ2n) is 7.14. The van der Waals surface area contributed by atoms with Gasteiger partial charge in [0.15, 0.2) is 23.0 Å². The smallest absolute Gasteiger partial charge is 0.360 e. The molecule has 1 atom stereocenters. The molecule has 0 radical (unpaired) electrons. The standard InChI is InChI=1S/C20H15F5N4O4/c1-19(11-4-2-10(3-5-11)8-27-26)17(32)28(9-14(30)31)18(33)29(19)20(24,25)12-6-7-13(21)16(23)15(12)22/h2-8H,9,26H2,1H3,(H,30,31)/t19-/m1/s1. The number of urea groups is 1. The molecule has 3 rings (SSSR count). The first-order chi connectivity index (χ1) is 15.4. The van der Waals surface area contributed by atoms with Gasteiger partial charge in [-0.3, -0.25) is 14.5 Å². The molecule has 0 aliphatic carbocycles. The lowest BCUT2D eigenvalue weighted by molar-refractivity contribution is -0.169. The Morgan fingerprint density at radius 3 is 2.27 bits per heavy atom. The quantitative estimate of drug-likeness (QED) is 0.128. The predicted octanol–water partition coefficient (Wildman–Crippen LogP) is 2.71. The van der Waals surface area contributed by atoms with Crippen LogP contribution < -0.4 is 5.84 Å². The highest BCUT2D eigenvalue weighted by molar-refractivity contribution is 6.09. The van der Waals surface area contributed by atoms with Crippen LogP contribution in [0.25, 0.3) is 0 Å². The van der Waals surface area contributed by atoms with Crippen LogP contribution in [0.4, 0.5) is 26.7 Å². The normalized spacial score (nSPS) is 19.1. The van der Waals surface area contributed by atoms with E-state index in [4.69, 9.17) is 10.9 Å². The van der Waals surface area contributed by atoms with Crippen molar-refractivity contribution in [2.75, 3.05) is 6.54 Å². The van der Waals surface area contributed by atoms with Gasteiger partial charge in [-0.15, -0.1) is 0 Å². The zero-order valence-corrected chi connectivity index (χ0v) is 16.7. The predicted molar refractivity (Wildman–Crippen MR) is 102 cm³/mol. The average Bonchev–Trinajstić information content (AvgIpc) is 2.94. The first-order valence-corrected chi connectivity index (χ1v) is 9.11. The van der Waals surface area contributed by atoms with Crippen LogP contribution in [0.2, 0.25) is 0 Å². The largest absolute Gasteiger partial charge is 0.480 e. The fourth-order valence-electron chi connectivity index (χ4n) is 3.54. The summed E-state index contributed by atoms with van der Waals surface area (Å²) in [4.78, 5) is 36.8. The molecule has 0 bridgehead atoms. The van der Waals surface area contributed by atoms with E-state index in [2.05, 4.69) is 5.10 Å². The van der Waals surface area contributed by atoms with Crippen LogP contribution in [0.1, 0.15) is 23.6 Å². The van der Waals surface area contributed by atoms with Crippen LogP contribution in [0.3, 0.4) is 0 Å². The Morgan fingerprint density at radius 2 is 1.73 bits per heavy atom. The van der Waals surface area contributed by atoms with Gasteiger partial charge in [-0.1, -0.05) is 24.3 Å². The van der Waals surface area contributed by atoms with Gasteiger partial charge in [0.2, 0.25) is 0 Å². The van der Waals surface area contributed by atoms with E-state index < -0.39 is 59.1 Å². The second-order valence-corrected chi connectivity index (χ2v) is 7.14. The topological polar surface area (TPSA) is 116 Å². The van der Waals surface area contributed by atoms with Crippen LogP contribution >= 0.6 is 0 Å². The number of carboxylic acid groups (broad SMARTS) is 1. The molecule has 1 heterocycles. The van der Waals surface area contributed by atoms with E-state index in [1.165, 1.54) is 30.5 Å². The summed E-state index contributed by atoms with van der Waals surface area (Å²) in [6.45, 7) is -0.370. The van der Waals surface area contributed by atoms with Gasteiger partial charge in [0.1, 0.15) is 6.54 Å². The molecule has 8 nitrogen and oxygen atoms in total. The molecule has 174 valence electrons. The fraction of sp³-hybridized carbons (Fsp3) is 0.200. The number of hydrazone groups is 1. The number of nitrogens with two attached hydrogens (primary N) is 1. The van der Waals surface area contributed by atoms with E-state index >= 15 is 8.78 Å². The molecule has 3 amide bonds. The molecule has 2 aromatic rings. The maximum Gasteiger partial charge on any atom is 0.360 e. The molecule has 13 heteroatoms. The van der Waals surface area contributed by atoms with Crippen molar-refractivity contribution in [3.63, 3.8) is 0 Å².